The average Bonchev–Trinajstić information content (AvgIpc) is 3.74. The Morgan fingerprint density at radius 1 is 1.05 bits per heavy atom. The molecular weight excluding hydrogens is 593 g/mol. The van der Waals surface area contributed by atoms with E-state index in [-0.39, 0.29) is 11.8 Å². The number of aryl methyl sites for hydroxylation is 2. The topological polar surface area (TPSA) is 86.3 Å². The highest BCUT2D eigenvalue weighted by atomic mass is 35.5. The minimum Gasteiger partial charge on any atom is -0.497 e. The van der Waals surface area contributed by atoms with Crippen molar-refractivity contribution in [1.29, 1.82) is 0 Å². The summed E-state index contributed by atoms with van der Waals surface area (Å²) in [6, 6.07) is 12.9. The van der Waals surface area contributed by atoms with Gasteiger partial charge in [0.2, 0.25) is 0 Å². The monoisotopic (exact) mass is 621 g/mol. The van der Waals surface area contributed by atoms with Gasteiger partial charge in [-0.05, 0) is 62.6 Å². The van der Waals surface area contributed by atoms with Gasteiger partial charge in [0.1, 0.15) is 17.1 Å². The fraction of sp³-hybridized carbons (Fsp3) is 0.290. The molecule has 1 aliphatic rings. The highest BCUT2D eigenvalue weighted by Gasteiger charge is 2.29. The van der Waals surface area contributed by atoms with Crippen LogP contribution >= 0.6 is 34.5 Å². The van der Waals surface area contributed by atoms with Gasteiger partial charge in [0, 0.05) is 54.3 Å². The van der Waals surface area contributed by atoms with Crippen molar-refractivity contribution in [3.63, 3.8) is 0 Å². The number of rotatable bonds is 6. The quantitative estimate of drug-likeness (QED) is 0.192. The number of halogens is 2. The van der Waals surface area contributed by atoms with Gasteiger partial charge in [-0.2, -0.15) is 5.10 Å². The van der Waals surface area contributed by atoms with Gasteiger partial charge in [-0.25, -0.2) is 4.98 Å². The lowest BCUT2D eigenvalue weighted by Gasteiger charge is -2.31. The third-order valence-electron chi connectivity index (χ3n) is 7.87. The second-order valence-electron chi connectivity index (χ2n) is 10.4. The van der Waals surface area contributed by atoms with E-state index in [1.165, 1.54) is 0 Å². The van der Waals surface area contributed by atoms with E-state index in [1.54, 1.807) is 30.6 Å². The molecule has 0 bridgehead atoms. The zero-order valence-electron chi connectivity index (χ0n) is 23.6. The van der Waals surface area contributed by atoms with Crippen molar-refractivity contribution < 1.29 is 14.1 Å². The number of carbonyl (C=O) groups excluding carboxylic acids is 1. The molecular formula is C31H29Cl2N5O3S. The first-order valence-electron chi connectivity index (χ1n) is 13.6. The summed E-state index contributed by atoms with van der Waals surface area (Å²) in [5, 5.41) is 12.7. The van der Waals surface area contributed by atoms with Crippen molar-refractivity contribution in [2.24, 2.45) is 7.05 Å². The maximum atomic E-state index is 13.9. The average molecular weight is 623 g/mol. The standard InChI is InChI=1S/C31H29Cl2N5O3S/c1-17-29(18(2)37(3)35-17)22-7-6-21(40-4)14-23(22)31(39)38-11-9-19(10-12-38)30-34-27(16-42-30)28-15-26(36-41-28)20-5-8-24(32)25(33)13-20/h5-8,13-16,19H,9-12H2,1-4H3. The molecule has 0 saturated carbocycles. The highest BCUT2D eigenvalue weighted by molar-refractivity contribution is 7.10. The molecule has 0 spiro atoms. The van der Waals surface area contributed by atoms with Gasteiger partial charge in [-0.15, -0.1) is 11.3 Å². The summed E-state index contributed by atoms with van der Waals surface area (Å²) < 4.78 is 12.9. The van der Waals surface area contributed by atoms with Crippen molar-refractivity contribution in [2.75, 3.05) is 20.2 Å². The zero-order valence-corrected chi connectivity index (χ0v) is 26.0. The van der Waals surface area contributed by atoms with Crippen LogP contribution in [0.5, 0.6) is 5.75 Å². The number of aromatic nitrogens is 4. The second kappa shape index (κ2) is 11.6. The van der Waals surface area contributed by atoms with Gasteiger partial charge in [-0.1, -0.05) is 34.4 Å². The maximum absolute atomic E-state index is 13.9. The Hall–Kier alpha value is -3.66. The van der Waals surface area contributed by atoms with E-state index in [2.05, 4.69) is 10.3 Å². The Balaban J connectivity index is 1.17. The molecule has 3 aromatic heterocycles. The molecule has 1 amide bonds. The molecule has 5 aromatic rings. The van der Waals surface area contributed by atoms with E-state index in [9.17, 15) is 4.79 Å². The summed E-state index contributed by atoms with van der Waals surface area (Å²) >= 11 is 13.8. The summed E-state index contributed by atoms with van der Waals surface area (Å²) in [6.07, 6.45) is 1.65. The van der Waals surface area contributed by atoms with Gasteiger partial charge in [-0.3, -0.25) is 9.48 Å². The van der Waals surface area contributed by atoms with Gasteiger partial charge >= 0.3 is 0 Å². The van der Waals surface area contributed by atoms with Crippen LogP contribution in [0.15, 0.2) is 52.4 Å². The molecule has 0 radical (unpaired) electrons. The first kappa shape index (κ1) is 28.5. The predicted octanol–water partition coefficient (Wildman–Crippen LogP) is 7.82. The molecule has 42 heavy (non-hydrogen) atoms. The van der Waals surface area contributed by atoms with Crippen LogP contribution in [0.2, 0.25) is 10.0 Å². The Labute approximate surface area is 257 Å². The van der Waals surface area contributed by atoms with Crippen LogP contribution in [0, 0.1) is 13.8 Å². The molecule has 8 nitrogen and oxygen atoms in total. The largest absolute Gasteiger partial charge is 0.497 e. The number of methoxy groups -OCH3 is 1. The number of hydrogen-bond donors (Lipinski definition) is 0. The molecule has 0 aliphatic carbocycles. The van der Waals surface area contributed by atoms with Crippen LogP contribution in [0.3, 0.4) is 0 Å². The van der Waals surface area contributed by atoms with E-state index in [0.717, 1.165) is 51.6 Å². The molecule has 1 fully saturated rings. The van der Waals surface area contributed by atoms with Crippen LogP contribution < -0.4 is 4.74 Å². The van der Waals surface area contributed by atoms with Crippen molar-refractivity contribution in [3.05, 3.63) is 79.8 Å². The van der Waals surface area contributed by atoms with E-state index in [1.807, 2.05) is 66.2 Å². The first-order valence-corrected chi connectivity index (χ1v) is 15.2. The fourth-order valence-corrected chi connectivity index (χ4v) is 6.76. The van der Waals surface area contributed by atoms with Gasteiger partial charge in [0.05, 0.1) is 33.4 Å². The molecule has 1 aliphatic heterocycles. The van der Waals surface area contributed by atoms with E-state index in [4.69, 9.17) is 37.4 Å². The predicted molar refractivity (Wildman–Crippen MR) is 166 cm³/mol. The Kier molecular flexibility index (Phi) is 7.83. The molecule has 0 unspecified atom stereocenters. The lowest BCUT2D eigenvalue weighted by Crippen LogP contribution is -2.38. The SMILES string of the molecule is COc1ccc(-c2c(C)nn(C)c2C)c(C(=O)N2CCC(c3nc(-c4cc(-c5ccc(Cl)c(Cl)c5)no4)cs3)CC2)c1. The van der Waals surface area contributed by atoms with Crippen LogP contribution in [0.1, 0.15) is 45.5 Å². The fourth-order valence-electron chi connectivity index (χ4n) is 5.48. The third-order valence-corrected chi connectivity index (χ3v) is 9.61. The summed E-state index contributed by atoms with van der Waals surface area (Å²) in [6.45, 7) is 5.28. The number of likely N-dealkylation sites (tertiary alicyclic amines) is 1. The molecule has 0 N–H and O–H groups in total. The lowest BCUT2D eigenvalue weighted by molar-refractivity contribution is 0.0713. The molecule has 2 aromatic carbocycles. The number of carbonyl (C=O) groups is 1. The van der Waals surface area contributed by atoms with Crippen molar-refractivity contribution in [1.82, 2.24) is 24.8 Å². The van der Waals surface area contributed by atoms with Crippen LogP contribution in [0.25, 0.3) is 33.8 Å². The number of benzene rings is 2. The number of piperidine rings is 1. The van der Waals surface area contributed by atoms with Crippen LogP contribution in [0.4, 0.5) is 0 Å². The summed E-state index contributed by atoms with van der Waals surface area (Å²) in [5.41, 5.74) is 6.64. The smallest absolute Gasteiger partial charge is 0.254 e. The number of nitrogens with zero attached hydrogens (tertiary/aromatic N) is 5. The Bertz CT molecular complexity index is 1780. The zero-order chi connectivity index (χ0) is 29.5. The highest BCUT2D eigenvalue weighted by Crippen LogP contribution is 2.37. The van der Waals surface area contributed by atoms with Crippen molar-refractivity contribution >= 4 is 40.4 Å². The van der Waals surface area contributed by atoms with Gasteiger partial charge in [0.15, 0.2) is 5.76 Å². The first-order chi connectivity index (χ1) is 20.2. The van der Waals surface area contributed by atoms with Crippen LogP contribution in [-0.4, -0.2) is 50.9 Å². The Morgan fingerprint density at radius 3 is 2.52 bits per heavy atom. The number of ether oxygens (including phenoxy) is 1. The lowest BCUT2D eigenvalue weighted by atomic mass is 9.94. The van der Waals surface area contributed by atoms with Crippen molar-refractivity contribution in [3.8, 4) is 39.6 Å². The molecule has 6 rings (SSSR count). The number of amides is 1. The minimum atomic E-state index is 0.00123. The van der Waals surface area contributed by atoms with E-state index in [0.29, 0.717) is 45.9 Å². The normalized spacial score (nSPS) is 14.0. The minimum absolute atomic E-state index is 0.00123. The summed E-state index contributed by atoms with van der Waals surface area (Å²) in [7, 11) is 3.53. The summed E-state index contributed by atoms with van der Waals surface area (Å²) in [5.74, 6) is 1.51. The van der Waals surface area contributed by atoms with E-state index >= 15 is 0 Å². The Morgan fingerprint density at radius 2 is 1.83 bits per heavy atom. The molecule has 1 saturated heterocycles. The van der Waals surface area contributed by atoms with Gasteiger partial charge in [0.25, 0.3) is 5.91 Å². The third kappa shape index (κ3) is 5.32. The maximum Gasteiger partial charge on any atom is 0.254 e. The molecule has 4 heterocycles. The number of thiazole rings is 1. The summed E-state index contributed by atoms with van der Waals surface area (Å²) in [4.78, 5) is 20.7. The van der Waals surface area contributed by atoms with Gasteiger partial charge < -0.3 is 14.2 Å². The molecule has 216 valence electrons. The molecule has 11 heteroatoms. The number of hydrogen-bond acceptors (Lipinski definition) is 7. The second-order valence-corrected chi connectivity index (χ2v) is 12.1. The molecule has 0 atom stereocenters. The van der Waals surface area contributed by atoms with E-state index < -0.39 is 0 Å². The van der Waals surface area contributed by atoms with Crippen LogP contribution in [-0.2, 0) is 7.05 Å². The van der Waals surface area contributed by atoms with Crippen molar-refractivity contribution in [2.45, 2.75) is 32.6 Å².